The van der Waals surface area contributed by atoms with Gasteiger partial charge in [-0.15, -0.1) is 0 Å². The molecule has 0 aliphatic carbocycles. The Hall–Kier alpha value is -0.980. The van der Waals surface area contributed by atoms with E-state index in [0.29, 0.717) is 33.0 Å². The Morgan fingerprint density at radius 2 is 1.08 bits per heavy atom. The van der Waals surface area contributed by atoms with Crippen LogP contribution in [0, 0.1) is 0 Å². The molecule has 0 fully saturated rings. The number of rotatable bonds is 17. The summed E-state index contributed by atoms with van der Waals surface area (Å²) >= 11 is 0. The highest BCUT2D eigenvalue weighted by atomic mass is 16.5. The van der Waals surface area contributed by atoms with Crippen LogP contribution in [0.25, 0.3) is 0 Å². The fourth-order valence-corrected chi connectivity index (χ4v) is 2.07. The lowest BCUT2D eigenvalue weighted by Crippen LogP contribution is -2.06. The third-order valence-corrected chi connectivity index (χ3v) is 3.37. The zero-order chi connectivity index (χ0) is 17.1. The highest BCUT2D eigenvalue weighted by Crippen LogP contribution is 2.00. The topological polar surface area (TPSA) is 57.2 Å². The lowest BCUT2D eigenvalue weighted by molar-refractivity contribution is 0.0362. The average Bonchev–Trinajstić information content (AvgIpc) is 2.62. The molecular weight excluding hydrogens is 308 g/mol. The maximum absolute atomic E-state index is 8.55. The second-order valence-electron chi connectivity index (χ2n) is 5.51. The van der Waals surface area contributed by atoms with Crippen molar-refractivity contribution in [1.29, 1.82) is 0 Å². The highest BCUT2D eigenvalue weighted by Gasteiger charge is 1.94. The van der Waals surface area contributed by atoms with Gasteiger partial charge in [-0.1, -0.05) is 30.3 Å². The summed E-state index contributed by atoms with van der Waals surface area (Å²) in [6.45, 7) is 5.45. The minimum Gasteiger partial charge on any atom is -0.394 e. The maximum Gasteiger partial charge on any atom is 0.0718 e. The molecule has 0 aliphatic rings. The SMILES string of the molecule is OCCOCCCCOCCCCOCCOCc1ccccc1. The smallest absolute Gasteiger partial charge is 0.0718 e. The largest absolute Gasteiger partial charge is 0.394 e. The molecule has 0 saturated carbocycles. The number of hydrogen-bond donors (Lipinski definition) is 1. The Balaban J connectivity index is 1.70. The summed E-state index contributed by atoms with van der Waals surface area (Å²) in [6, 6.07) is 10.2. The van der Waals surface area contributed by atoms with Gasteiger partial charge in [0.1, 0.15) is 0 Å². The molecule has 1 rings (SSSR count). The zero-order valence-corrected chi connectivity index (χ0v) is 14.7. The third kappa shape index (κ3) is 13.5. The number of hydrogen-bond acceptors (Lipinski definition) is 5. The van der Waals surface area contributed by atoms with Crippen molar-refractivity contribution in [2.75, 3.05) is 52.9 Å². The van der Waals surface area contributed by atoms with Crippen LogP contribution in [0.3, 0.4) is 0 Å². The normalized spacial score (nSPS) is 11.0. The van der Waals surface area contributed by atoms with Gasteiger partial charge in [0.15, 0.2) is 0 Å². The van der Waals surface area contributed by atoms with E-state index in [-0.39, 0.29) is 6.61 Å². The van der Waals surface area contributed by atoms with Gasteiger partial charge >= 0.3 is 0 Å². The summed E-state index contributed by atoms with van der Waals surface area (Å²) in [5.74, 6) is 0. The third-order valence-electron chi connectivity index (χ3n) is 3.37. The van der Waals surface area contributed by atoms with Gasteiger partial charge in [-0.2, -0.15) is 0 Å². The van der Waals surface area contributed by atoms with Crippen LogP contribution >= 0.6 is 0 Å². The molecule has 5 nitrogen and oxygen atoms in total. The molecule has 0 saturated heterocycles. The van der Waals surface area contributed by atoms with Gasteiger partial charge in [0, 0.05) is 26.4 Å². The van der Waals surface area contributed by atoms with Crippen molar-refractivity contribution < 1.29 is 24.1 Å². The van der Waals surface area contributed by atoms with Crippen molar-refractivity contribution in [3.8, 4) is 0 Å². The first-order chi connectivity index (χ1) is 11.9. The summed E-state index contributed by atoms with van der Waals surface area (Å²) in [4.78, 5) is 0. The number of ether oxygens (including phenoxy) is 4. The maximum atomic E-state index is 8.55. The molecule has 1 N–H and O–H groups in total. The van der Waals surface area contributed by atoms with E-state index in [4.69, 9.17) is 24.1 Å². The van der Waals surface area contributed by atoms with Crippen molar-refractivity contribution in [3.05, 3.63) is 35.9 Å². The lowest BCUT2D eigenvalue weighted by Gasteiger charge is -2.07. The molecule has 0 bridgehead atoms. The number of unbranched alkanes of at least 4 members (excludes halogenated alkanes) is 2. The van der Waals surface area contributed by atoms with Crippen LogP contribution in [0.1, 0.15) is 31.2 Å². The zero-order valence-electron chi connectivity index (χ0n) is 14.7. The molecular formula is C19H32O5. The van der Waals surface area contributed by atoms with Gasteiger partial charge in [0.25, 0.3) is 0 Å². The van der Waals surface area contributed by atoms with Crippen molar-refractivity contribution in [2.45, 2.75) is 32.3 Å². The summed E-state index contributed by atoms with van der Waals surface area (Å²) in [5.41, 5.74) is 1.19. The van der Waals surface area contributed by atoms with Crippen LogP contribution in [0.2, 0.25) is 0 Å². The van der Waals surface area contributed by atoms with Gasteiger partial charge in [-0.25, -0.2) is 0 Å². The van der Waals surface area contributed by atoms with Gasteiger partial charge in [-0.05, 0) is 31.2 Å². The predicted molar refractivity (Wildman–Crippen MR) is 94.1 cm³/mol. The van der Waals surface area contributed by atoms with Crippen LogP contribution in [0.5, 0.6) is 0 Å². The predicted octanol–water partition coefficient (Wildman–Crippen LogP) is 2.81. The summed E-state index contributed by atoms with van der Waals surface area (Å²) in [6.07, 6.45) is 4.01. The number of aliphatic hydroxyl groups is 1. The van der Waals surface area contributed by atoms with Crippen molar-refractivity contribution >= 4 is 0 Å². The fraction of sp³-hybridized carbons (Fsp3) is 0.684. The highest BCUT2D eigenvalue weighted by molar-refractivity contribution is 5.13. The van der Waals surface area contributed by atoms with Crippen LogP contribution in [0.4, 0.5) is 0 Å². The van der Waals surface area contributed by atoms with Crippen molar-refractivity contribution in [3.63, 3.8) is 0 Å². The Labute approximate surface area is 145 Å². The summed E-state index contributed by atoms with van der Waals surface area (Å²) in [7, 11) is 0. The molecule has 1 aromatic rings. The Morgan fingerprint density at radius 3 is 1.67 bits per heavy atom. The van der Waals surface area contributed by atoms with Crippen LogP contribution in [-0.2, 0) is 25.6 Å². The van der Waals surface area contributed by atoms with Crippen molar-refractivity contribution in [2.24, 2.45) is 0 Å². The molecule has 0 spiro atoms. The van der Waals surface area contributed by atoms with E-state index in [1.54, 1.807) is 0 Å². The number of benzene rings is 1. The molecule has 0 amide bonds. The minimum atomic E-state index is 0.0950. The van der Waals surface area contributed by atoms with Crippen LogP contribution in [0.15, 0.2) is 30.3 Å². The molecule has 5 heteroatoms. The monoisotopic (exact) mass is 340 g/mol. The molecule has 0 unspecified atom stereocenters. The molecule has 0 radical (unpaired) electrons. The first kappa shape index (κ1) is 21.1. The molecule has 0 aromatic heterocycles. The lowest BCUT2D eigenvalue weighted by atomic mass is 10.2. The van der Waals surface area contributed by atoms with Crippen LogP contribution in [-0.4, -0.2) is 58.0 Å². The summed E-state index contributed by atoms with van der Waals surface area (Å²) in [5, 5.41) is 8.55. The second-order valence-corrected chi connectivity index (χ2v) is 5.51. The van der Waals surface area contributed by atoms with Gasteiger partial charge < -0.3 is 24.1 Å². The van der Waals surface area contributed by atoms with E-state index < -0.39 is 0 Å². The van der Waals surface area contributed by atoms with E-state index in [1.165, 1.54) is 5.56 Å². The molecule has 138 valence electrons. The first-order valence-corrected chi connectivity index (χ1v) is 8.89. The fourth-order valence-electron chi connectivity index (χ4n) is 2.07. The number of aliphatic hydroxyl groups excluding tert-OH is 1. The van der Waals surface area contributed by atoms with Gasteiger partial charge in [0.05, 0.1) is 33.0 Å². The first-order valence-electron chi connectivity index (χ1n) is 8.89. The molecule has 0 heterocycles. The average molecular weight is 340 g/mol. The van der Waals surface area contributed by atoms with E-state index >= 15 is 0 Å². The second kappa shape index (κ2) is 16.9. The summed E-state index contributed by atoms with van der Waals surface area (Å²) < 4.78 is 21.8. The quantitative estimate of drug-likeness (QED) is 0.442. The Kier molecular flexibility index (Phi) is 14.8. The van der Waals surface area contributed by atoms with Crippen molar-refractivity contribution in [1.82, 2.24) is 0 Å². The van der Waals surface area contributed by atoms with Crippen LogP contribution < -0.4 is 0 Å². The van der Waals surface area contributed by atoms with Gasteiger partial charge in [-0.3, -0.25) is 0 Å². The molecule has 0 aliphatic heterocycles. The Bertz CT molecular complexity index is 358. The standard InChI is InChI=1S/C19H32O5/c20-10-15-22-13-6-4-11-21-12-5-7-14-23-16-17-24-18-19-8-2-1-3-9-19/h1-3,8-9,20H,4-7,10-18H2. The van der Waals surface area contributed by atoms with E-state index in [9.17, 15) is 0 Å². The van der Waals surface area contributed by atoms with Gasteiger partial charge in [0.2, 0.25) is 0 Å². The Morgan fingerprint density at radius 1 is 0.583 bits per heavy atom. The van der Waals surface area contributed by atoms with E-state index in [0.717, 1.165) is 45.5 Å². The molecule has 1 aromatic carbocycles. The van der Waals surface area contributed by atoms with E-state index in [2.05, 4.69) is 12.1 Å². The molecule has 24 heavy (non-hydrogen) atoms. The molecule has 0 atom stereocenters. The minimum absolute atomic E-state index is 0.0950. The van der Waals surface area contributed by atoms with E-state index in [1.807, 2.05) is 18.2 Å².